The molecule has 0 fully saturated rings. The zero-order valence-corrected chi connectivity index (χ0v) is 12.0. The minimum atomic E-state index is -2.43. The van der Waals surface area contributed by atoms with Crippen LogP contribution in [0.4, 0.5) is 14.5 Å². The molecule has 0 spiro atoms. The summed E-state index contributed by atoms with van der Waals surface area (Å²) in [6, 6.07) is 12.4. The molecule has 2 rings (SSSR count). The molecule has 0 aliphatic carbocycles. The van der Waals surface area contributed by atoms with Gasteiger partial charge in [0.25, 0.3) is 6.43 Å². The van der Waals surface area contributed by atoms with E-state index in [1.54, 1.807) is 6.07 Å². The summed E-state index contributed by atoms with van der Waals surface area (Å²) in [5.74, 6) is 0. The van der Waals surface area contributed by atoms with Crippen molar-refractivity contribution < 1.29 is 8.78 Å². The summed E-state index contributed by atoms with van der Waals surface area (Å²) in [6.45, 7) is 2.53. The third-order valence-corrected chi connectivity index (χ3v) is 3.50. The molecule has 0 saturated carbocycles. The van der Waals surface area contributed by atoms with Gasteiger partial charge in [0.15, 0.2) is 0 Å². The Balaban J connectivity index is 2.10. The quantitative estimate of drug-likeness (QED) is 0.803. The van der Waals surface area contributed by atoms with Crippen LogP contribution in [0.1, 0.15) is 23.1 Å². The first-order valence-electron chi connectivity index (χ1n) is 5.93. The topological polar surface area (TPSA) is 12.0 Å². The second-order valence-electron chi connectivity index (χ2n) is 4.38. The minimum Gasteiger partial charge on any atom is -0.380 e. The zero-order chi connectivity index (χ0) is 13.8. The van der Waals surface area contributed by atoms with E-state index in [4.69, 9.17) is 0 Å². The first kappa shape index (κ1) is 14.0. The van der Waals surface area contributed by atoms with Crippen LogP contribution in [0.15, 0.2) is 46.9 Å². The number of hydrogen-bond acceptors (Lipinski definition) is 1. The molecular formula is C15H14BrF2N. The fourth-order valence-electron chi connectivity index (χ4n) is 1.81. The molecule has 0 atom stereocenters. The average Bonchev–Trinajstić information content (AvgIpc) is 2.40. The van der Waals surface area contributed by atoms with Crippen molar-refractivity contribution in [3.8, 4) is 0 Å². The van der Waals surface area contributed by atoms with E-state index in [9.17, 15) is 8.78 Å². The largest absolute Gasteiger partial charge is 0.380 e. The maximum Gasteiger partial charge on any atom is 0.263 e. The first-order valence-corrected chi connectivity index (χ1v) is 6.72. The van der Waals surface area contributed by atoms with Crippen molar-refractivity contribution in [3.05, 3.63) is 63.6 Å². The monoisotopic (exact) mass is 325 g/mol. The van der Waals surface area contributed by atoms with E-state index in [0.29, 0.717) is 6.54 Å². The Morgan fingerprint density at radius 3 is 2.68 bits per heavy atom. The van der Waals surface area contributed by atoms with Crippen LogP contribution in [0.2, 0.25) is 0 Å². The van der Waals surface area contributed by atoms with Gasteiger partial charge in [-0.3, -0.25) is 0 Å². The lowest BCUT2D eigenvalue weighted by atomic mass is 10.1. The summed E-state index contributed by atoms with van der Waals surface area (Å²) in [6.07, 6.45) is -2.43. The van der Waals surface area contributed by atoms with Gasteiger partial charge in [-0.25, -0.2) is 8.78 Å². The van der Waals surface area contributed by atoms with Gasteiger partial charge in [-0.15, -0.1) is 0 Å². The SMILES string of the molecule is Cc1ccc(Br)c(NCc2cccc(C(F)F)c2)c1. The third kappa shape index (κ3) is 3.77. The Labute approximate surface area is 119 Å². The number of aryl methyl sites for hydroxylation is 1. The summed E-state index contributed by atoms with van der Waals surface area (Å²) in [4.78, 5) is 0. The van der Waals surface area contributed by atoms with Gasteiger partial charge in [0.05, 0.1) is 0 Å². The lowest BCUT2D eigenvalue weighted by Gasteiger charge is -2.10. The maximum absolute atomic E-state index is 12.6. The highest BCUT2D eigenvalue weighted by Crippen LogP contribution is 2.24. The van der Waals surface area contributed by atoms with Gasteiger partial charge in [-0.05, 0) is 52.2 Å². The van der Waals surface area contributed by atoms with E-state index in [2.05, 4.69) is 21.2 Å². The Morgan fingerprint density at radius 1 is 1.16 bits per heavy atom. The number of anilines is 1. The number of alkyl halides is 2. The van der Waals surface area contributed by atoms with Crippen LogP contribution < -0.4 is 5.32 Å². The van der Waals surface area contributed by atoms with E-state index in [1.807, 2.05) is 31.2 Å². The Bertz CT molecular complexity index is 570. The predicted octanol–water partition coefficient (Wildman–Crippen LogP) is 5.31. The van der Waals surface area contributed by atoms with Gasteiger partial charge in [-0.1, -0.05) is 24.3 Å². The molecule has 0 saturated heterocycles. The zero-order valence-electron chi connectivity index (χ0n) is 10.5. The highest BCUT2D eigenvalue weighted by molar-refractivity contribution is 9.10. The lowest BCUT2D eigenvalue weighted by Crippen LogP contribution is -2.01. The van der Waals surface area contributed by atoms with Gasteiger partial charge < -0.3 is 5.32 Å². The van der Waals surface area contributed by atoms with Crippen LogP contribution in [0.3, 0.4) is 0 Å². The molecule has 2 aromatic rings. The second kappa shape index (κ2) is 6.15. The van der Waals surface area contributed by atoms with Crippen LogP contribution in [0, 0.1) is 6.92 Å². The third-order valence-electron chi connectivity index (χ3n) is 2.81. The smallest absolute Gasteiger partial charge is 0.263 e. The first-order chi connectivity index (χ1) is 9.06. The van der Waals surface area contributed by atoms with Crippen molar-refractivity contribution in [3.63, 3.8) is 0 Å². The second-order valence-corrected chi connectivity index (χ2v) is 5.24. The summed E-state index contributed by atoms with van der Waals surface area (Å²) >= 11 is 3.46. The molecular weight excluding hydrogens is 312 g/mol. The molecule has 0 bridgehead atoms. The van der Waals surface area contributed by atoms with Gasteiger partial charge in [-0.2, -0.15) is 0 Å². The van der Waals surface area contributed by atoms with Crippen LogP contribution >= 0.6 is 15.9 Å². The molecule has 100 valence electrons. The highest BCUT2D eigenvalue weighted by Gasteiger charge is 2.07. The van der Waals surface area contributed by atoms with Crippen molar-refractivity contribution in [1.29, 1.82) is 0 Å². The van der Waals surface area contributed by atoms with Crippen molar-refractivity contribution in [2.24, 2.45) is 0 Å². The Kier molecular flexibility index (Phi) is 4.53. The molecule has 0 amide bonds. The fourth-order valence-corrected chi connectivity index (χ4v) is 2.20. The van der Waals surface area contributed by atoms with Crippen molar-refractivity contribution in [2.75, 3.05) is 5.32 Å². The standard InChI is InChI=1S/C15H14BrF2N/c1-10-5-6-13(16)14(7-10)19-9-11-3-2-4-12(8-11)15(17)18/h2-8,15,19H,9H2,1H3. The molecule has 4 heteroatoms. The predicted molar refractivity (Wildman–Crippen MR) is 77.6 cm³/mol. The normalized spacial score (nSPS) is 10.8. The van der Waals surface area contributed by atoms with Gasteiger partial charge in [0.2, 0.25) is 0 Å². The van der Waals surface area contributed by atoms with E-state index in [-0.39, 0.29) is 5.56 Å². The van der Waals surface area contributed by atoms with Crippen LogP contribution in [-0.2, 0) is 6.54 Å². The molecule has 0 aromatic heterocycles. The summed E-state index contributed by atoms with van der Waals surface area (Å²) in [5, 5.41) is 3.24. The molecule has 1 N–H and O–H groups in total. The molecule has 0 aliphatic rings. The highest BCUT2D eigenvalue weighted by atomic mass is 79.9. The van der Waals surface area contributed by atoms with Gasteiger partial charge in [0, 0.05) is 22.3 Å². The van der Waals surface area contributed by atoms with Gasteiger partial charge >= 0.3 is 0 Å². The van der Waals surface area contributed by atoms with Crippen LogP contribution in [-0.4, -0.2) is 0 Å². The summed E-state index contributed by atoms with van der Waals surface area (Å²) in [5.41, 5.74) is 3.00. The van der Waals surface area contributed by atoms with E-state index in [0.717, 1.165) is 21.3 Å². The minimum absolute atomic E-state index is 0.0580. The average molecular weight is 326 g/mol. The van der Waals surface area contributed by atoms with E-state index < -0.39 is 6.43 Å². The summed E-state index contributed by atoms with van der Waals surface area (Å²) < 4.78 is 26.2. The fraction of sp³-hybridized carbons (Fsp3) is 0.200. The molecule has 2 aromatic carbocycles. The summed E-state index contributed by atoms with van der Waals surface area (Å²) in [7, 11) is 0. The van der Waals surface area contributed by atoms with Gasteiger partial charge in [0.1, 0.15) is 0 Å². The molecule has 0 heterocycles. The van der Waals surface area contributed by atoms with Crippen molar-refractivity contribution >= 4 is 21.6 Å². The van der Waals surface area contributed by atoms with Crippen LogP contribution in [0.25, 0.3) is 0 Å². The molecule has 0 radical (unpaired) electrons. The number of halogens is 3. The number of nitrogens with one attached hydrogen (secondary N) is 1. The number of hydrogen-bond donors (Lipinski definition) is 1. The van der Waals surface area contributed by atoms with E-state index >= 15 is 0 Å². The van der Waals surface area contributed by atoms with Crippen molar-refractivity contribution in [2.45, 2.75) is 19.9 Å². The Morgan fingerprint density at radius 2 is 1.95 bits per heavy atom. The maximum atomic E-state index is 12.6. The molecule has 1 nitrogen and oxygen atoms in total. The van der Waals surface area contributed by atoms with Crippen LogP contribution in [0.5, 0.6) is 0 Å². The van der Waals surface area contributed by atoms with E-state index in [1.165, 1.54) is 12.1 Å². The molecule has 19 heavy (non-hydrogen) atoms. The Hall–Kier alpha value is -1.42. The number of benzene rings is 2. The number of rotatable bonds is 4. The molecule has 0 unspecified atom stereocenters. The molecule has 0 aliphatic heterocycles. The lowest BCUT2D eigenvalue weighted by molar-refractivity contribution is 0.151. The van der Waals surface area contributed by atoms with Crippen molar-refractivity contribution in [1.82, 2.24) is 0 Å².